The van der Waals surface area contributed by atoms with Crippen LogP contribution in [0.3, 0.4) is 0 Å². The largest absolute Gasteiger partial charge is 0.290 e. The van der Waals surface area contributed by atoms with Gasteiger partial charge in [0, 0.05) is 23.8 Å². The normalized spacial score (nSPS) is 14.1. The minimum absolute atomic E-state index is 0.0465. The van der Waals surface area contributed by atoms with E-state index < -0.39 is 21.6 Å². The van der Waals surface area contributed by atoms with E-state index in [0.29, 0.717) is 24.2 Å². The number of carbonyl (C=O) groups excluding carboxylic acids is 2. The van der Waals surface area contributed by atoms with E-state index in [9.17, 15) is 9.59 Å². The van der Waals surface area contributed by atoms with Crippen molar-refractivity contribution in [3.8, 4) is 0 Å². The second kappa shape index (κ2) is 13.5. The van der Waals surface area contributed by atoms with E-state index in [1.54, 1.807) is 51.5 Å². The van der Waals surface area contributed by atoms with Crippen LogP contribution in [0.4, 0.5) is 11.4 Å². The topological polar surface area (TPSA) is 89.2 Å². The van der Waals surface area contributed by atoms with E-state index in [0.717, 1.165) is 11.1 Å². The fourth-order valence-corrected chi connectivity index (χ4v) is 5.89. The van der Waals surface area contributed by atoms with Crippen molar-refractivity contribution in [2.24, 2.45) is 0 Å². The maximum atomic E-state index is 14.8. The molecular weight excluding hydrogens is 573 g/mol. The molecule has 2 atom stereocenters. The van der Waals surface area contributed by atoms with Gasteiger partial charge < -0.3 is 0 Å². The fourth-order valence-electron chi connectivity index (χ4n) is 5.26. The van der Waals surface area contributed by atoms with E-state index in [-0.39, 0.29) is 26.2 Å². The molecule has 0 bridgehead atoms. The standard InChI is InChI=1S/C31H37Cl2N7O2/c1-5-24-14-9-11-16-26(24)39(22-37-19-13-18-35-37)28(41)30(32,7-3)31(33,8-4)29(42)40(23-38-21-34-20-36-38)27-17-12-10-15-25(27)6-2/h9-21H,5-8,22-23H2,1-4H3. The summed E-state index contributed by atoms with van der Waals surface area (Å²) in [6.45, 7) is 7.75. The predicted molar refractivity (Wildman–Crippen MR) is 167 cm³/mol. The first-order valence-corrected chi connectivity index (χ1v) is 15.0. The number of aryl methyl sites for hydroxylation is 2. The molecule has 2 amide bonds. The first-order chi connectivity index (χ1) is 20.2. The minimum Gasteiger partial charge on any atom is -0.290 e. The fraction of sp³-hybridized carbons (Fsp3) is 0.387. The number of halogens is 2. The molecule has 0 saturated carbocycles. The molecule has 11 heteroatoms. The van der Waals surface area contributed by atoms with Gasteiger partial charge in [-0.25, -0.2) is 9.67 Å². The number of hydrogen-bond acceptors (Lipinski definition) is 5. The number of amides is 2. The molecule has 4 aromatic rings. The van der Waals surface area contributed by atoms with Crippen LogP contribution < -0.4 is 9.80 Å². The smallest absolute Gasteiger partial charge is 0.252 e. The molecule has 2 unspecified atom stereocenters. The molecule has 0 spiro atoms. The van der Waals surface area contributed by atoms with Crippen molar-refractivity contribution in [3.05, 3.63) is 90.8 Å². The van der Waals surface area contributed by atoms with Crippen LogP contribution >= 0.6 is 23.2 Å². The summed E-state index contributed by atoms with van der Waals surface area (Å²) < 4.78 is 3.19. The molecule has 4 rings (SSSR count). The van der Waals surface area contributed by atoms with E-state index in [1.165, 1.54) is 12.7 Å². The first-order valence-electron chi connectivity index (χ1n) is 14.2. The quantitative estimate of drug-likeness (QED) is 0.172. The molecule has 0 aliphatic carbocycles. The second-order valence-corrected chi connectivity index (χ2v) is 11.3. The molecule has 0 saturated heterocycles. The first kappa shape index (κ1) is 31.3. The monoisotopic (exact) mass is 609 g/mol. The van der Waals surface area contributed by atoms with Gasteiger partial charge in [0.25, 0.3) is 11.8 Å². The molecule has 42 heavy (non-hydrogen) atoms. The second-order valence-electron chi connectivity index (χ2n) is 10.0. The van der Waals surface area contributed by atoms with Crippen LogP contribution in [0.1, 0.15) is 51.7 Å². The third-order valence-electron chi connectivity index (χ3n) is 7.70. The molecular formula is C31H37Cl2N7O2. The molecule has 9 nitrogen and oxygen atoms in total. The SMILES string of the molecule is CCc1ccccc1N(Cn1cccn1)C(=O)C(Cl)(CC)C(Cl)(CC)C(=O)N(Cn1cncn1)c1ccccc1CC. The molecule has 0 fully saturated rings. The van der Waals surface area contributed by atoms with E-state index >= 15 is 0 Å². The Morgan fingerprint density at radius 1 is 0.738 bits per heavy atom. The van der Waals surface area contributed by atoms with Gasteiger partial charge in [-0.1, -0.05) is 64.1 Å². The average Bonchev–Trinajstić information content (AvgIpc) is 3.75. The van der Waals surface area contributed by atoms with Gasteiger partial charge in [0.1, 0.15) is 26.0 Å². The van der Waals surface area contributed by atoms with E-state index in [2.05, 4.69) is 15.2 Å². The zero-order valence-corrected chi connectivity index (χ0v) is 26.0. The number of rotatable bonds is 13. The number of benzene rings is 2. The number of anilines is 2. The Labute approximate surface area is 257 Å². The Balaban J connectivity index is 1.84. The van der Waals surface area contributed by atoms with Crippen LogP contribution in [-0.4, -0.2) is 46.1 Å². The lowest BCUT2D eigenvalue weighted by Crippen LogP contribution is -2.64. The van der Waals surface area contributed by atoms with Crippen molar-refractivity contribution < 1.29 is 9.59 Å². The molecule has 0 radical (unpaired) electrons. The molecule has 0 N–H and O–H groups in total. The lowest BCUT2D eigenvalue weighted by atomic mass is 9.83. The van der Waals surface area contributed by atoms with Crippen LogP contribution in [0.25, 0.3) is 0 Å². The summed E-state index contributed by atoms with van der Waals surface area (Å²) >= 11 is 14.8. The maximum absolute atomic E-state index is 14.8. The number of hydrogen-bond donors (Lipinski definition) is 0. The number of para-hydroxylation sites is 2. The summed E-state index contributed by atoms with van der Waals surface area (Å²) in [5.41, 5.74) is 3.27. The summed E-state index contributed by atoms with van der Waals surface area (Å²) in [6.07, 6.45) is 7.94. The predicted octanol–water partition coefficient (Wildman–Crippen LogP) is 6.06. The van der Waals surface area contributed by atoms with Crippen LogP contribution in [0.5, 0.6) is 0 Å². The zero-order valence-electron chi connectivity index (χ0n) is 24.5. The minimum atomic E-state index is -1.81. The molecule has 2 aromatic heterocycles. The third-order valence-corrected chi connectivity index (χ3v) is 9.30. The van der Waals surface area contributed by atoms with Gasteiger partial charge in [-0.15, -0.1) is 23.2 Å². The van der Waals surface area contributed by atoms with Gasteiger partial charge in [-0.2, -0.15) is 10.2 Å². The lowest BCUT2D eigenvalue weighted by molar-refractivity contribution is -0.129. The van der Waals surface area contributed by atoms with Crippen LogP contribution in [0.15, 0.2) is 79.6 Å². The molecule has 0 aliphatic rings. The van der Waals surface area contributed by atoms with E-state index in [1.807, 2.05) is 62.4 Å². The maximum Gasteiger partial charge on any atom is 0.252 e. The lowest BCUT2D eigenvalue weighted by Gasteiger charge is -2.44. The summed E-state index contributed by atoms with van der Waals surface area (Å²) in [4.78, 5) is 33.1. The molecule has 222 valence electrons. The summed E-state index contributed by atoms with van der Waals surface area (Å²) in [5.74, 6) is -0.964. The third kappa shape index (κ3) is 5.94. The van der Waals surface area contributed by atoms with Crippen LogP contribution in [0, 0.1) is 0 Å². The Morgan fingerprint density at radius 3 is 1.64 bits per heavy atom. The highest BCUT2D eigenvalue weighted by molar-refractivity contribution is 6.50. The van der Waals surface area contributed by atoms with Gasteiger partial charge in [0.15, 0.2) is 9.75 Å². The van der Waals surface area contributed by atoms with Crippen LogP contribution in [-0.2, 0) is 35.8 Å². The van der Waals surface area contributed by atoms with Gasteiger partial charge in [-0.05, 0) is 55.0 Å². The van der Waals surface area contributed by atoms with Gasteiger partial charge in [0.05, 0.1) is 0 Å². The molecule has 2 heterocycles. The Hall–Kier alpha value is -3.69. The Bertz CT molecular complexity index is 1370. The number of nitrogens with zero attached hydrogens (tertiary/aromatic N) is 7. The molecule has 0 aliphatic heterocycles. The van der Waals surface area contributed by atoms with Gasteiger partial charge in [-0.3, -0.25) is 24.1 Å². The van der Waals surface area contributed by atoms with Crippen molar-refractivity contribution >= 4 is 46.4 Å². The Kier molecular flexibility index (Phi) is 10.1. The van der Waals surface area contributed by atoms with Crippen molar-refractivity contribution in [2.45, 2.75) is 76.5 Å². The van der Waals surface area contributed by atoms with Gasteiger partial charge >= 0.3 is 0 Å². The van der Waals surface area contributed by atoms with Gasteiger partial charge in [0.2, 0.25) is 0 Å². The summed E-state index contributed by atoms with van der Waals surface area (Å²) in [6, 6.07) is 17.1. The zero-order chi connectivity index (χ0) is 30.3. The summed E-state index contributed by atoms with van der Waals surface area (Å²) in [5, 5.41) is 8.55. The van der Waals surface area contributed by atoms with Crippen molar-refractivity contribution in [1.82, 2.24) is 24.5 Å². The highest BCUT2D eigenvalue weighted by atomic mass is 35.5. The van der Waals surface area contributed by atoms with Crippen molar-refractivity contribution in [2.75, 3.05) is 9.80 Å². The Morgan fingerprint density at radius 2 is 1.24 bits per heavy atom. The number of alkyl halides is 2. The van der Waals surface area contributed by atoms with Crippen molar-refractivity contribution in [3.63, 3.8) is 0 Å². The number of carbonyl (C=O) groups is 2. The van der Waals surface area contributed by atoms with E-state index in [4.69, 9.17) is 23.2 Å². The highest BCUT2D eigenvalue weighted by Crippen LogP contribution is 2.46. The number of aromatic nitrogens is 5. The highest BCUT2D eigenvalue weighted by Gasteiger charge is 2.60. The average molecular weight is 611 g/mol. The van der Waals surface area contributed by atoms with Crippen LogP contribution in [0.2, 0.25) is 0 Å². The summed E-state index contributed by atoms with van der Waals surface area (Å²) in [7, 11) is 0. The van der Waals surface area contributed by atoms with Crippen molar-refractivity contribution in [1.29, 1.82) is 0 Å². The molecule has 2 aromatic carbocycles.